The molecular weight excluding hydrogens is 346 g/mol. The molecule has 148 valence electrons. The van der Waals surface area contributed by atoms with Crippen molar-refractivity contribution < 1.29 is 9.53 Å². The number of hydrogen-bond donors (Lipinski definition) is 1. The lowest BCUT2D eigenvalue weighted by Crippen LogP contribution is -2.40. The van der Waals surface area contributed by atoms with Gasteiger partial charge in [0.15, 0.2) is 0 Å². The Morgan fingerprint density at radius 2 is 1.82 bits per heavy atom. The second-order valence-electron chi connectivity index (χ2n) is 9.37. The van der Waals surface area contributed by atoms with Crippen LogP contribution in [0, 0.1) is 6.92 Å². The van der Waals surface area contributed by atoms with Gasteiger partial charge in [-0.15, -0.1) is 0 Å². The van der Waals surface area contributed by atoms with E-state index in [1.165, 1.54) is 5.56 Å². The van der Waals surface area contributed by atoms with Crippen LogP contribution in [0.25, 0.3) is 6.08 Å². The number of nitrogens with one attached hydrogen (secondary N) is 1. The fraction of sp³-hybridized carbons (Fsp3) is 0.400. The van der Waals surface area contributed by atoms with Gasteiger partial charge in [0.25, 0.3) is 0 Å². The van der Waals surface area contributed by atoms with Gasteiger partial charge in [-0.05, 0) is 55.0 Å². The van der Waals surface area contributed by atoms with E-state index in [0.717, 1.165) is 28.9 Å². The van der Waals surface area contributed by atoms with Crippen LogP contribution >= 0.6 is 0 Å². The van der Waals surface area contributed by atoms with E-state index in [1.54, 1.807) is 6.08 Å². The molecular formula is C25H31NO2. The maximum Gasteiger partial charge on any atom is 0.244 e. The summed E-state index contributed by atoms with van der Waals surface area (Å²) in [5, 5.41) is 3.15. The van der Waals surface area contributed by atoms with Gasteiger partial charge in [-0.2, -0.15) is 0 Å². The van der Waals surface area contributed by atoms with Crippen molar-refractivity contribution in [2.75, 3.05) is 0 Å². The fourth-order valence-electron chi connectivity index (χ4n) is 3.57. The Morgan fingerprint density at radius 1 is 1.14 bits per heavy atom. The molecule has 1 unspecified atom stereocenters. The van der Waals surface area contributed by atoms with Crippen molar-refractivity contribution in [3.8, 4) is 5.75 Å². The molecule has 2 aromatic rings. The molecule has 2 aromatic carbocycles. The summed E-state index contributed by atoms with van der Waals surface area (Å²) in [5.41, 5.74) is 4.31. The number of amides is 1. The number of rotatable bonds is 3. The average molecular weight is 378 g/mol. The van der Waals surface area contributed by atoms with Crippen LogP contribution in [0.3, 0.4) is 0 Å². The zero-order valence-corrected chi connectivity index (χ0v) is 17.8. The third-order valence-electron chi connectivity index (χ3n) is 5.15. The number of hydrogen-bond acceptors (Lipinski definition) is 2. The minimum atomic E-state index is -0.314. The minimum Gasteiger partial charge on any atom is -0.487 e. The molecule has 0 saturated heterocycles. The second kappa shape index (κ2) is 7.46. The topological polar surface area (TPSA) is 38.3 Å². The summed E-state index contributed by atoms with van der Waals surface area (Å²) in [6.07, 6.45) is 4.22. The third-order valence-corrected chi connectivity index (χ3v) is 5.15. The van der Waals surface area contributed by atoms with E-state index in [-0.39, 0.29) is 23.0 Å². The van der Waals surface area contributed by atoms with Crippen molar-refractivity contribution in [1.82, 2.24) is 5.32 Å². The summed E-state index contributed by atoms with van der Waals surface area (Å²) >= 11 is 0. The Labute approximate surface area is 168 Å². The van der Waals surface area contributed by atoms with Crippen molar-refractivity contribution in [1.29, 1.82) is 0 Å². The number of benzene rings is 2. The lowest BCUT2D eigenvalue weighted by atomic mass is 9.87. The van der Waals surface area contributed by atoms with Crippen LogP contribution in [0.2, 0.25) is 0 Å². The van der Waals surface area contributed by atoms with E-state index in [4.69, 9.17) is 4.74 Å². The van der Waals surface area contributed by atoms with E-state index in [9.17, 15) is 4.79 Å². The van der Waals surface area contributed by atoms with Gasteiger partial charge in [0.2, 0.25) is 5.91 Å². The third kappa shape index (κ3) is 4.83. The maximum absolute atomic E-state index is 12.6. The standard InChI is InChI=1S/C25H31NO2/c1-17-7-13-20-21(16-25(5,6)28-22(20)15-17)26-23(27)14-10-18-8-11-19(12-9-18)24(2,3)4/h7-15,21H,16H2,1-6H3,(H,26,27)/b14-10+. The molecule has 1 aliphatic rings. The van der Waals surface area contributed by atoms with Crippen molar-refractivity contribution >= 4 is 12.0 Å². The lowest BCUT2D eigenvalue weighted by molar-refractivity contribution is -0.117. The summed E-state index contributed by atoms with van der Waals surface area (Å²) in [7, 11) is 0. The molecule has 0 bridgehead atoms. The predicted octanol–water partition coefficient (Wildman–Crippen LogP) is 5.72. The van der Waals surface area contributed by atoms with Crippen LogP contribution in [0.5, 0.6) is 5.75 Å². The van der Waals surface area contributed by atoms with Crippen LogP contribution in [0.4, 0.5) is 0 Å². The first-order valence-corrected chi connectivity index (χ1v) is 9.92. The Kier molecular flexibility index (Phi) is 5.38. The molecule has 1 N–H and O–H groups in total. The van der Waals surface area contributed by atoms with Gasteiger partial charge in [0.1, 0.15) is 11.4 Å². The predicted molar refractivity (Wildman–Crippen MR) is 116 cm³/mol. The van der Waals surface area contributed by atoms with Gasteiger partial charge in [0.05, 0.1) is 6.04 Å². The SMILES string of the molecule is Cc1ccc2c(c1)OC(C)(C)CC2NC(=O)/C=C/c1ccc(C(C)(C)C)cc1. The molecule has 0 fully saturated rings. The molecule has 0 aliphatic carbocycles. The second-order valence-corrected chi connectivity index (χ2v) is 9.37. The summed E-state index contributed by atoms with van der Waals surface area (Å²) in [4.78, 5) is 12.6. The molecule has 0 saturated carbocycles. The Bertz CT molecular complexity index is 886. The van der Waals surface area contributed by atoms with Gasteiger partial charge < -0.3 is 10.1 Å². The van der Waals surface area contributed by atoms with Gasteiger partial charge >= 0.3 is 0 Å². The van der Waals surface area contributed by atoms with E-state index in [2.05, 4.69) is 76.3 Å². The number of carbonyl (C=O) groups excluding carboxylic acids is 1. The number of aryl methyl sites for hydroxylation is 1. The molecule has 1 amide bonds. The van der Waals surface area contributed by atoms with E-state index < -0.39 is 0 Å². The Hall–Kier alpha value is -2.55. The largest absolute Gasteiger partial charge is 0.487 e. The molecule has 3 rings (SSSR count). The fourth-order valence-corrected chi connectivity index (χ4v) is 3.57. The van der Waals surface area contributed by atoms with Crippen LogP contribution in [-0.2, 0) is 10.2 Å². The first-order valence-electron chi connectivity index (χ1n) is 9.92. The molecule has 1 heterocycles. The monoisotopic (exact) mass is 377 g/mol. The molecule has 3 nitrogen and oxygen atoms in total. The van der Waals surface area contributed by atoms with Crippen LogP contribution in [0.1, 0.15) is 69.3 Å². The quantitative estimate of drug-likeness (QED) is 0.694. The summed E-state index contributed by atoms with van der Waals surface area (Å²) in [6.45, 7) is 12.8. The van der Waals surface area contributed by atoms with Crippen LogP contribution in [0.15, 0.2) is 48.5 Å². The van der Waals surface area contributed by atoms with Gasteiger partial charge in [-0.25, -0.2) is 0 Å². The highest BCUT2D eigenvalue weighted by Gasteiger charge is 2.34. The van der Waals surface area contributed by atoms with E-state index >= 15 is 0 Å². The number of ether oxygens (including phenoxy) is 1. The van der Waals surface area contributed by atoms with Crippen LogP contribution in [-0.4, -0.2) is 11.5 Å². The highest BCUT2D eigenvalue weighted by Crippen LogP contribution is 2.39. The van der Waals surface area contributed by atoms with E-state index in [0.29, 0.717) is 0 Å². The summed E-state index contributed by atoms with van der Waals surface area (Å²) in [5.74, 6) is 0.775. The smallest absolute Gasteiger partial charge is 0.244 e. The zero-order chi connectivity index (χ0) is 20.5. The Balaban J connectivity index is 1.72. The molecule has 0 aromatic heterocycles. The molecule has 1 aliphatic heterocycles. The average Bonchev–Trinajstić information content (AvgIpc) is 2.58. The minimum absolute atomic E-state index is 0.0558. The van der Waals surface area contributed by atoms with Crippen molar-refractivity contribution in [3.05, 3.63) is 70.8 Å². The summed E-state index contributed by atoms with van der Waals surface area (Å²) < 4.78 is 6.11. The van der Waals surface area contributed by atoms with Crippen molar-refractivity contribution in [2.45, 2.75) is 65.0 Å². The first-order chi connectivity index (χ1) is 13.0. The normalized spacial score (nSPS) is 18.4. The lowest BCUT2D eigenvalue weighted by Gasteiger charge is -2.38. The highest BCUT2D eigenvalue weighted by molar-refractivity contribution is 5.92. The summed E-state index contributed by atoms with van der Waals surface area (Å²) in [6, 6.07) is 14.5. The molecule has 0 radical (unpaired) electrons. The first kappa shape index (κ1) is 20.2. The molecule has 3 heteroatoms. The number of carbonyl (C=O) groups is 1. The maximum atomic E-state index is 12.6. The van der Waals surface area contributed by atoms with Crippen molar-refractivity contribution in [3.63, 3.8) is 0 Å². The van der Waals surface area contributed by atoms with Crippen LogP contribution < -0.4 is 10.1 Å². The zero-order valence-electron chi connectivity index (χ0n) is 17.8. The van der Waals surface area contributed by atoms with E-state index in [1.807, 2.05) is 19.1 Å². The van der Waals surface area contributed by atoms with Gasteiger partial charge in [0, 0.05) is 18.1 Å². The van der Waals surface area contributed by atoms with Crippen molar-refractivity contribution in [2.24, 2.45) is 0 Å². The molecule has 28 heavy (non-hydrogen) atoms. The van der Waals surface area contributed by atoms with Gasteiger partial charge in [-0.1, -0.05) is 57.2 Å². The highest BCUT2D eigenvalue weighted by atomic mass is 16.5. The number of fused-ring (bicyclic) bond motifs is 1. The molecule has 1 atom stereocenters. The molecule has 0 spiro atoms. The Morgan fingerprint density at radius 3 is 2.46 bits per heavy atom. The van der Waals surface area contributed by atoms with Gasteiger partial charge in [-0.3, -0.25) is 4.79 Å².